The Bertz CT molecular complexity index is 968. The van der Waals surface area contributed by atoms with Crippen LogP contribution in [0, 0.1) is 0 Å². The fraction of sp³-hybridized carbons (Fsp3) is 0.409. The number of amides is 2. The second kappa shape index (κ2) is 10.5. The van der Waals surface area contributed by atoms with Crippen LogP contribution in [0.3, 0.4) is 0 Å². The molecule has 9 heteroatoms. The third kappa shape index (κ3) is 7.76. The lowest BCUT2D eigenvalue weighted by Gasteiger charge is -2.28. The molecular weight excluding hydrogens is 420 g/mol. The molecule has 2 aromatic carbocycles. The molecule has 0 saturated heterocycles. The van der Waals surface area contributed by atoms with Gasteiger partial charge in [0.05, 0.1) is 13.7 Å². The molecule has 2 rings (SSSR count). The van der Waals surface area contributed by atoms with Crippen LogP contribution in [-0.2, 0) is 21.4 Å². The monoisotopic (exact) mass is 450 g/mol. The Morgan fingerprint density at radius 2 is 1.71 bits per heavy atom. The molecule has 1 N–H and O–H groups in total. The summed E-state index contributed by atoms with van der Waals surface area (Å²) in [5, 5.41) is 2.93. The Morgan fingerprint density at radius 1 is 1.03 bits per heavy atom. The third-order valence-electron chi connectivity index (χ3n) is 4.16. The Morgan fingerprint density at radius 3 is 2.29 bits per heavy atom. The fourth-order valence-corrected chi connectivity index (χ4v) is 3.61. The molecule has 0 aliphatic carbocycles. The normalized spacial score (nSPS) is 11.6. The SMILES string of the molecule is COCCN(Cc1cccc(OS(=O)(=O)c2ccc(OC)cc2)c1)C(=O)NC(C)(C)C. The topological polar surface area (TPSA) is 94.2 Å². The highest BCUT2D eigenvalue weighted by molar-refractivity contribution is 7.87. The Kier molecular flexibility index (Phi) is 8.29. The van der Waals surface area contributed by atoms with Gasteiger partial charge >= 0.3 is 16.1 Å². The fourth-order valence-electron chi connectivity index (χ4n) is 2.69. The summed E-state index contributed by atoms with van der Waals surface area (Å²) in [6, 6.07) is 12.3. The van der Waals surface area contributed by atoms with E-state index in [4.69, 9.17) is 13.7 Å². The number of nitrogens with one attached hydrogen (secondary N) is 1. The maximum absolute atomic E-state index is 12.6. The first-order valence-corrected chi connectivity index (χ1v) is 11.2. The molecule has 0 heterocycles. The van der Waals surface area contributed by atoms with Gasteiger partial charge in [-0.2, -0.15) is 8.42 Å². The van der Waals surface area contributed by atoms with Crippen LogP contribution in [0.15, 0.2) is 53.4 Å². The van der Waals surface area contributed by atoms with Crippen molar-refractivity contribution in [2.24, 2.45) is 0 Å². The van der Waals surface area contributed by atoms with Crippen LogP contribution in [0.1, 0.15) is 26.3 Å². The van der Waals surface area contributed by atoms with Crippen molar-refractivity contribution in [1.29, 1.82) is 0 Å². The minimum atomic E-state index is -4.01. The predicted molar refractivity (Wildman–Crippen MR) is 118 cm³/mol. The van der Waals surface area contributed by atoms with Gasteiger partial charge in [-0.1, -0.05) is 12.1 Å². The van der Waals surface area contributed by atoms with Gasteiger partial charge < -0.3 is 23.9 Å². The van der Waals surface area contributed by atoms with Crippen molar-refractivity contribution in [3.05, 3.63) is 54.1 Å². The highest BCUT2D eigenvalue weighted by Crippen LogP contribution is 2.22. The van der Waals surface area contributed by atoms with Crippen LogP contribution in [0.25, 0.3) is 0 Å². The Balaban J connectivity index is 2.17. The van der Waals surface area contributed by atoms with Gasteiger partial charge in [-0.05, 0) is 62.7 Å². The van der Waals surface area contributed by atoms with Gasteiger partial charge in [-0.3, -0.25) is 0 Å². The van der Waals surface area contributed by atoms with Crippen molar-refractivity contribution >= 4 is 16.1 Å². The van der Waals surface area contributed by atoms with Crippen LogP contribution in [-0.4, -0.2) is 52.3 Å². The molecule has 2 amide bonds. The Hall–Kier alpha value is -2.78. The van der Waals surface area contributed by atoms with Gasteiger partial charge in [0.25, 0.3) is 0 Å². The second-order valence-corrected chi connectivity index (χ2v) is 9.50. The molecule has 0 fully saturated rings. The summed E-state index contributed by atoms with van der Waals surface area (Å²) in [6.45, 7) is 6.73. The molecule has 2 aromatic rings. The molecule has 0 radical (unpaired) electrons. The minimum Gasteiger partial charge on any atom is -0.497 e. The predicted octanol–water partition coefficient (Wildman–Crippen LogP) is 3.42. The van der Waals surface area contributed by atoms with Gasteiger partial charge in [-0.25, -0.2) is 4.79 Å². The number of carbonyl (C=O) groups excluding carboxylic acids is 1. The molecule has 170 valence electrons. The number of hydrogen-bond acceptors (Lipinski definition) is 6. The molecule has 0 unspecified atom stereocenters. The van der Waals surface area contributed by atoms with Gasteiger partial charge in [0.15, 0.2) is 0 Å². The minimum absolute atomic E-state index is 0.0185. The van der Waals surface area contributed by atoms with Crippen molar-refractivity contribution in [2.75, 3.05) is 27.4 Å². The van der Waals surface area contributed by atoms with E-state index >= 15 is 0 Å². The molecule has 0 atom stereocenters. The molecule has 0 aliphatic heterocycles. The zero-order valence-corrected chi connectivity index (χ0v) is 19.4. The molecule has 0 spiro atoms. The van der Waals surface area contributed by atoms with Crippen LogP contribution in [0.5, 0.6) is 11.5 Å². The van der Waals surface area contributed by atoms with E-state index in [1.54, 1.807) is 48.4 Å². The highest BCUT2D eigenvalue weighted by atomic mass is 32.2. The van der Waals surface area contributed by atoms with E-state index in [-0.39, 0.29) is 28.8 Å². The summed E-state index contributed by atoms with van der Waals surface area (Å²) < 4.78 is 40.6. The summed E-state index contributed by atoms with van der Waals surface area (Å²) in [6.07, 6.45) is 0. The van der Waals surface area contributed by atoms with Crippen LogP contribution in [0.2, 0.25) is 0 Å². The largest absolute Gasteiger partial charge is 0.497 e. The average molecular weight is 451 g/mol. The van der Waals surface area contributed by atoms with E-state index in [1.807, 2.05) is 20.8 Å². The van der Waals surface area contributed by atoms with E-state index in [1.165, 1.54) is 19.2 Å². The molecule has 31 heavy (non-hydrogen) atoms. The number of urea groups is 1. The van der Waals surface area contributed by atoms with Gasteiger partial charge in [0.1, 0.15) is 16.4 Å². The van der Waals surface area contributed by atoms with Crippen LogP contribution in [0.4, 0.5) is 4.79 Å². The van der Waals surface area contributed by atoms with E-state index in [0.29, 0.717) is 18.9 Å². The smallest absolute Gasteiger partial charge is 0.339 e. The lowest BCUT2D eigenvalue weighted by Crippen LogP contribution is -2.49. The van der Waals surface area contributed by atoms with Gasteiger partial charge in [-0.15, -0.1) is 0 Å². The van der Waals surface area contributed by atoms with Gasteiger partial charge in [0, 0.05) is 25.7 Å². The first-order chi connectivity index (χ1) is 14.5. The average Bonchev–Trinajstić information content (AvgIpc) is 2.69. The van der Waals surface area contributed by atoms with Crippen molar-refractivity contribution in [3.63, 3.8) is 0 Å². The maximum Gasteiger partial charge on any atom is 0.339 e. The van der Waals surface area contributed by atoms with Crippen LogP contribution >= 0.6 is 0 Å². The van der Waals surface area contributed by atoms with E-state index in [0.717, 1.165) is 5.56 Å². The molecule has 8 nitrogen and oxygen atoms in total. The number of benzene rings is 2. The summed E-state index contributed by atoms with van der Waals surface area (Å²) in [7, 11) is -0.936. The van der Waals surface area contributed by atoms with Crippen molar-refractivity contribution in [3.8, 4) is 11.5 Å². The van der Waals surface area contributed by atoms with Gasteiger partial charge in [0.2, 0.25) is 0 Å². The first kappa shape index (κ1) is 24.5. The van der Waals surface area contributed by atoms with Crippen molar-refractivity contribution in [1.82, 2.24) is 10.2 Å². The van der Waals surface area contributed by atoms with Crippen molar-refractivity contribution < 1.29 is 26.9 Å². The maximum atomic E-state index is 12.6. The summed E-state index contributed by atoms with van der Waals surface area (Å²) in [5.74, 6) is 0.710. The van der Waals surface area contributed by atoms with E-state index in [9.17, 15) is 13.2 Å². The summed E-state index contributed by atoms with van der Waals surface area (Å²) in [5.41, 5.74) is 0.336. The highest BCUT2D eigenvalue weighted by Gasteiger charge is 2.21. The number of nitrogens with zero attached hydrogens (tertiary/aromatic N) is 1. The number of ether oxygens (including phenoxy) is 2. The standard InChI is InChI=1S/C22H30N2O6S/c1-22(2,3)23-21(25)24(13-14-28-4)16-17-7-6-8-19(15-17)30-31(26,27)20-11-9-18(29-5)10-12-20/h6-12,15H,13-14,16H2,1-5H3,(H,23,25). The Labute approximate surface area is 184 Å². The quantitative estimate of drug-likeness (QED) is 0.589. The summed E-state index contributed by atoms with van der Waals surface area (Å²) in [4.78, 5) is 14.3. The molecule has 0 aliphatic rings. The van der Waals surface area contributed by atoms with E-state index in [2.05, 4.69) is 5.32 Å². The van der Waals surface area contributed by atoms with E-state index < -0.39 is 10.1 Å². The lowest BCUT2D eigenvalue weighted by molar-refractivity contribution is 0.142. The van der Waals surface area contributed by atoms with Crippen molar-refractivity contribution in [2.45, 2.75) is 37.8 Å². The summed E-state index contributed by atoms with van der Waals surface area (Å²) >= 11 is 0. The zero-order valence-electron chi connectivity index (χ0n) is 18.5. The molecule has 0 aromatic heterocycles. The number of rotatable bonds is 9. The number of hydrogen-bond donors (Lipinski definition) is 1. The molecular formula is C22H30N2O6S. The number of methoxy groups -OCH3 is 2. The number of carbonyl (C=O) groups is 1. The third-order valence-corrected chi connectivity index (χ3v) is 5.42. The van der Waals surface area contributed by atoms with Crippen LogP contribution < -0.4 is 14.2 Å². The zero-order chi connectivity index (χ0) is 23.1. The second-order valence-electron chi connectivity index (χ2n) is 7.95. The molecule has 0 bridgehead atoms. The molecule has 0 saturated carbocycles. The lowest BCUT2D eigenvalue weighted by atomic mass is 10.1. The first-order valence-electron chi connectivity index (χ1n) is 9.77.